The molecule has 0 saturated heterocycles. The van der Waals surface area contributed by atoms with Crippen molar-refractivity contribution in [2.24, 2.45) is 0 Å². The SMILES string of the molecule is COC(=O)[C@H](Cc1cnc[nH]1)NC(=O)C(Cc1ccccc1)ONC(=O)OCc1ccccc1. The van der Waals surface area contributed by atoms with Crippen LogP contribution in [0.3, 0.4) is 0 Å². The minimum atomic E-state index is -1.14. The first kappa shape index (κ1) is 24.5. The van der Waals surface area contributed by atoms with Crippen molar-refractivity contribution < 1.29 is 28.7 Å². The predicted octanol–water partition coefficient (Wildman–Crippen LogP) is 2.08. The molecule has 0 fully saturated rings. The van der Waals surface area contributed by atoms with Gasteiger partial charge in [-0.1, -0.05) is 60.7 Å². The van der Waals surface area contributed by atoms with Crippen LogP contribution in [0, 0.1) is 0 Å². The molecule has 2 aromatic carbocycles. The van der Waals surface area contributed by atoms with Crippen LogP contribution >= 0.6 is 0 Å². The Bertz CT molecular complexity index is 1040. The molecule has 3 rings (SSSR count). The normalized spacial score (nSPS) is 12.3. The number of hydrogen-bond acceptors (Lipinski definition) is 7. The van der Waals surface area contributed by atoms with Crippen molar-refractivity contribution in [2.75, 3.05) is 7.11 Å². The molecule has 3 aromatic rings. The van der Waals surface area contributed by atoms with Crippen molar-refractivity contribution in [1.29, 1.82) is 0 Å². The van der Waals surface area contributed by atoms with Crippen LogP contribution in [0.1, 0.15) is 16.8 Å². The summed E-state index contributed by atoms with van der Waals surface area (Å²) in [6.07, 6.45) is 1.31. The topological polar surface area (TPSA) is 132 Å². The Morgan fingerprint density at radius 3 is 2.26 bits per heavy atom. The lowest BCUT2D eigenvalue weighted by molar-refractivity contribution is -0.148. The molecule has 0 saturated carbocycles. The van der Waals surface area contributed by atoms with E-state index in [1.807, 2.05) is 60.7 Å². The lowest BCUT2D eigenvalue weighted by Crippen LogP contribution is -2.50. The number of aromatic amines is 1. The van der Waals surface area contributed by atoms with Crippen molar-refractivity contribution >= 4 is 18.0 Å². The number of carbonyl (C=O) groups is 3. The first-order chi connectivity index (χ1) is 16.5. The van der Waals surface area contributed by atoms with Crippen molar-refractivity contribution in [3.8, 4) is 0 Å². The number of esters is 1. The number of hydrogen-bond donors (Lipinski definition) is 3. The maximum Gasteiger partial charge on any atom is 0.431 e. The number of nitrogens with one attached hydrogen (secondary N) is 3. The second-order valence-electron chi connectivity index (χ2n) is 7.33. The molecule has 1 heterocycles. The van der Waals surface area contributed by atoms with Gasteiger partial charge in [0.25, 0.3) is 5.91 Å². The molecular formula is C24H26N4O6. The fourth-order valence-electron chi connectivity index (χ4n) is 3.10. The first-order valence-electron chi connectivity index (χ1n) is 10.6. The molecule has 2 atom stereocenters. The van der Waals surface area contributed by atoms with E-state index in [2.05, 4.69) is 20.8 Å². The summed E-state index contributed by atoms with van der Waals surface area (Å²) in [5, 5.41) is 2.63. The number of amides is 2. The summed E-state index contributed by atoms with van der Waals surface area (Å²) in [7, 11) is 1.23. The highest BCUT2D eigenvalue weighted by atomic mass is 16.7. The number of nitrogens with zero attached hydrogens (tertiary/aromatic N) is 1. The van der Waals surface area contributed by atoms with Crippen LogP contribution < -0.4 is 10.8 Å². The highest BCUT2D eigenvalue weighted by Gasteiger charge is 2.28. The number of rotatable bonds is 11. The van der Waals surface area contributed by atoms with E-state index in [1.165, 1.54) is 13.4 Å². The summed E-state index contributed by atoms with van der Waals surface area (Å²) in [6, 6.07) is 17.3. The number of H-pyrrole nitrogens is 1. The van der Waals surface area contributed by atoms with Crippen LogP contribution in [0.4, 0.5) is 4.79 Å². The van der Waals surface area contributed by atoms with Gasteiger partial charge in [-0.2, -0.15) is 5.48 Å². The van der Waals surface area contributed by atoms with E-state index in [-0.39, 0.29) is 19.4 Å². The number of carbonyl (C=O) groups excluding carboxylic acids is 3. The van der Waals surface area contributed by atoms with Crippen LogP contribution in [-0.2, 0) is 43.3 Å². The van der Waals surface area contributed by atoms with E-state index in [0.717, 1.165) is 11.1 Å². The van der Waals surface area contributed by atoms with Gasteiger partial charge in [-0.15, -0.1) is 0 Å². The van der Waals surface area contributed by atoms with Crippen LogP contribution in [0.5, 0.6) is 0 Å². The summed E-state index contributed by atoms with van der Waals surface area (Å²) in [5.74, 6) is -1.24. The third-order valence-electron chi connectivity index (χ3n) is 4.83. The van der Waals surface area contributed by atoms with Gasteiger partial charge in [-0.05, 0) is 11.1 Å². The van der Waals surface area contributed by atoms with Gasteiger partial charge in [0.15, 0.2) is 6.10 Å². The average Bonchev–Trinajstić information content (AvgIpc) is 3.38. The van der Waals surface area contributed by atoms with Crippen molar-refractivity contribution in [1.82, 2.24) is 20.8 Å². The molecule has 0 aliphatic carbocycles. The Morgan fingerprint density at radius 2 is 1.65 bits per heavy atom. The zero-order valence-electron chi connectivity index (χ0n) is 18.6. The van der Waals surface area contributed by atoms with Gasteiger partial charge in [-0.3, -0.25) is 9.63 Å². The van der Waals surface area contributed by atoms with E-state index < -0.39 is 30.1 Å². The van der Waals surface area contributed by atoms with E-state index in [0.29, 0.717) is 5.69 Å². The van der Waals surface area contributed by atoms with Gasteiger partial charge in [0.05, 0.1) is 13.4 Å². The van der Waals surface area contributed by atoms with Gasteiger partial charge in [0.2, 0.25) is 0 Å². The van der Waals surface area contributed by atoms with Gasteiger partial charge < -0.3 is 19.8 Å². The van der Waals surface area contributed by atoms with Crippen molar-refractivity contribution in [2.45, 2.75) is 31.6 Å². The standard InChI is InChI=1S/C24H26N4O6/c1-32-23(30)20(13-19-14-25-16-26-19)27-22(29)21(12-17-8-4-2-5-9-17)34-28-24(31)33-15-18-10-6-3-7-11-18/h2-11,14,16,20-21H,12-13,15H2,1H3,(H,25,26)(H,27,29)(H,28,31)/t20-,21?/m0/s1. The monoisotopic (exact) mass is 466 g/mol. The fraction of sp³-hybridized carbons (Fsp3) is 0.250. The number of aromatic nitrogens is 2. The largest absolute Gasteiger partial charge is 0.467 e. The Kier molecular flexibility index (Phi) is 9.18. The molecule has 1 unspecified atom stereocenters. The molecule has 10 nitrogen and oxygen atoms in total. The quantitative estimate of drug-likeness (QED) is 0.291. The average molecular weight is 466 g/mol. The minimum absolute atomic E-state index is 0.0418. The van der Waals surface area contributed by atoms with Crippen LogP contribution in [0.15, 0.2) is 73.2 Å². The number of benzene rings is 2. The molecule has 0 bridgehead atoms. The molecule has 178 valence electrons. The van der Waals surface area contributed by atoms with Crippen LogP contribution in [0.2, 0.25) is 0 Å². The second kappa shape index (κ2) is 12.8. The number of methoxy groups -OCH3 is 1. The minimum Gasteiger partial charge on any atom is -0.467 e. The summed E-state index contributed by atoms with van der Waals surface area (Å²) < 4.78 is 9.94. The van der Waals surface area contributed by atoms with Gasteiger partial charge in [-0.25, -0.2) is 14.6 Å². The second-order valence-corrected chi connectivity index (χ2v) is 7.33. The lowest BCUT2D eigenvalue weighted by atomic mass is 10.1. The molecule has 34 heavy (non-hydrogen) atoms. The predicted molar refractivity (Wildman–Crippen MR) is 121 cm³/mol. The molecule has 0 aliphatic rings. The molecule has 2 amide bonds. The maximum atomic E-state index is 13.0. The molecule has 0 radical (unpaired) electrons. The Labute approximate surface area is 196 Å². The molecule has 0 spiro atoms. The molecule has 3 N–H and O–H groups in total. The Balaban J connectivity index is 1.63. The molecular weight excluding hydrogens is 440 g/mol. The molecule has 10 heteroatoms. The van der Waals surface area contributed by atoms with E-state index in [4.69, 9.17) is 14.3 Å². The zero-order valence-corrected chi connectivity index (χ0v) is 18.6. The van der Waals surface area contributed by atoms with Crippen LogP contribution in [0.25, 0.3) is 0 Å². The zero-order chi connectivity index (χ0) is 24.2. The first-order valence-corrected chi connectivity index (χ1v) is 10.6. The maximum absolute atomic E-state index is 13.0. The van der Waals surface area contributed by atoms with Gasteiger partial charge in [0.1, 0.15) is 12.6 Å². The third kappa shape index (κ3) is 7.75. The van der Waals surface area contributed by atoms with Crippen molar-refractivity contribution in [3.63, 3.8) is 0 Å². The highest BCUT2D eigenvalue weighted by Crippen LogP contribution is 2.08. The Hall–Kier alpha value is -4.18. The Morgan fingerprint density at radius 1 is 0.971 bits per heavy atom. The van der Waals surface area contributed by atoms with Gasteiger partial charge >= 0.3 is 12.1 Å². The van der Waals surface area contributed by atoms with E-state index >= 15 is 0 Å². The van der Waals surface area contributed by atoms with Gasteiger partial charge in [0, 0.05) is 24.7 Å². The lowest BCUT2D eigenvalue weighted by Gasteiger charge is -2.21. The smallest absolute Gasteiger partial charge is 0.431 e. The van der Waals surface area contributed by atoms with Crippen LogP contribution in [-0.4, -0.2) is 47.2 Å². The molecule has 1 aromatic heterocycles. The number of imidazole rings is 1. The van der Waals surface area contributed by atoms with E-state index in [1.54, 1.807) is 6.20 Å². The number of ether oxygens (including phenoxy) is 2. The summed E-state index contributed by atoms with van der Waals surface area (Å²) in [5.41, 5.74) is 4.40. The number of hydroxylamine groups is 1. The third-order valence-corrected chi connectivity index (χ3v) is 4.83. The molecule has 0 aliphatic heterocycles. The van der Waals surface area contributed by atoms with Crippen molar-refractivity contribution in [3.05, 3.63) is 90.0 Å². The highest BCUT2D eigenvalue weighted by molar-refractivity contribution is 5.87. The summed E-state index contributed by atoms with van der Waals surface area (Å²) >= 11 is 0. The summed E-state index contributed by atoms with van der Waals surface area (Å²) in [4.78, 5) is 49.6. The summed E-state index contributed by atoms with van der Waals surface area (Å²) in [6.45, 7) is 0.0418. The van der Waals surface area contributed by atoms with E-state index in [9.17, 15) is 14.4 Å². The fourth-order valence-corrected chi connectivity index (χ4v) is 3.10.